The van der Waals surface area contributed by atoms with Gasteiger partial charge in [0.2, 0.25) is 10.7 Å². The number of pyridine rings is 1. The second-order valence-corrected chi connectivity index (χ2v) is 7.05. The number of aliphatic hydroxyl groups is 1. The van der Waals surface area contributed by atoms with Crippen LogP contribution in [0.1, 0.15) is 31.4 Å². The number of nitrogens with zero attached hydrogens (tertiary/aromatic N) is 4. The lowest BCUT2D eigenvalue weighted by Gasteiger charge is -2.22. The van der Waals surface area contributed by atoms with Gasteiger partial charge in [-0.1, -0.05) is 11.3 Å². The fourth-order valence-electron chi connectivity index (χ4n) is 2.82. The van der Waals surface area contributed by atoms with Gasteiger partial charge in [0.25, 0.3) is 0 Å². The molecule has 2 aromatic rings. The van der Waals surface area contributed by atoms with E-state index in [1.165, 1.54) is 11.3 Å². The lowest BCUT2D eigenvalue weighted by molar-refractivity contribution is -0.117. The Hall–Kier alpha value is -2.06. The van der Waals surface area contributed by atoms with Crippen molar-refractivity contribution < 1.29 is 9.90 Å². The highest BCUT2D eigenvalue weighted by Crippen LogP contribution is 2.22. The van der Waals surface area contributed by atoms with Crippen molar-refractivity contribution in [3.05, 3.63) is 28.8 Å². The van der Waals surface area contributed by atoms with E-state index in [1.807, 2.05) is 13.1 Å². The molecule has 2 atom stereocenters. The number of hydrogen-bond acceptors (Lipinski definition) is 6. The van der Waals surface area contributed by atoms with Gasteiger partial charge in [0.1, 0.15) is 5.01 Å². The fourth-order valence-corrected chi connectivity index (χ4v) is 3.77. The molecule has 1 fully saturated rings. The molecule has 1 aliphatic carbocycles. The van der Waals surface area contributed by atoms with Crippen LogP contribution in [0.4, 0.5) is 0 Å². The molecule has 8 heteroatoms. The minimum absolute atomic E-state index is 0.135. The van der Waals surface area contributed by atoms with Gasteiger partial charge in [-0.3, -0.25) is 14.8 Å². The van der Waals surface area contributed by atoms with Gasteiger partial charge in [0, 0.05) is 24.5 Å². The SMILES string of the molecule is Cn1nc(-c2ccc(CC(N)=O)nc2)sc1=N[C@@H]1CCC[C@@H](O)C1. The van der Waals surface area contributed by atoms with Crippen molar-refractivity contribution in [3.8, 4) is 10.6 Å². The number of carbonyl (C=O) groups excluding carboxylic acids is 1. The molecule has 7 nitrogen and oxygen atoms in total. The smallest absolute Gasteiger partial charge is 0.223 e. The number of hydrogen-bond donors (Lipinski definition) is 2. The van der Waals surface area contributed by atoms with E-state index in [-0.39, 0.29) is 18.6 Å². The van der Waals surface area contributed by atoms with Gasteiger partial charge in [-0.25, -0.2) is 4.68 Å². The van der Waals surface area contributed by atoms with Gasteiger partial charge in [-0.2, -0.15) is 5.10 Å². The van der Waals surface area contributed by atoms with Gasteiger partial charge in [-0.05, 0) is 37.8 Å². The third-order valence-corrected chi connectivity index (χ3v) is 5.11. The van der Waals surface area contributed by atoms with E-state index < -0.39 is 5.91 Å². The summed E-state index contributed by atoms with van der Waals surface area (Å²) in [7, 11) is 1.87. The molecule has 0 spiro atoms. The summed E-state index contributed by atoms with van der Waals surface area (Å²) in [5.41, 5.74) is 6.70. The monoisotopic (exact) mass is 347 g/mol. The summed E-state index contributed by atoms with van der Waals surface area (Å²) in [5.74, 6) is -0.397. The van der Waals surface area contributed by atoms with Crippen molar-refractivity contribution in [2.24, 2.45) is 17.8 Å². The van der Waals surface area contributed by atoms with Gasteiger partial charge in [0.15, 0.2) is 0 Å². The first-order valence-corrected chi connectivity index (χ1v) is 8.82. The zero-order valence-electron chi connectivity index (χ0n) is 13.6. The summed E-state index contributed by atoms with van der Waals surface area (Å²) in [5, 5.41) is 15.1. The molecule has 2 aromatic heterocycles. The standard InChI is InChI=1S/C16H21N5O2S/c1-21-16(19-12-3-2-4-13(22)7-12)24-15(20-21)10-5-6-11(18-9-10)8-14(17)23/h5-6,9,12-13,22H,2-4,7-8H2,1H3,(H2,17,23)/t12-,13-/m1/s1. The second kappa shape index (κ2) is 7.23. The largest absolute Gasteiger partial charge is 0.393 e. The molecule has 1 amide bonds. The zero-order chi connectivity index (χ0) is 17.1. The number of amides is 1. The Bertz CT molecular complexity index is 781. The molecule has 1 saturated carbocycles. The maximum atomic E-state index is 10.9. The molecule has 0 bridgehead atoms. The lowest BCUT2D eigenvalue weighted by Crippen LogP contribution is -2.25. The zero-order valence-corrected chi connectivity index (χ0v) is 14.4. The Kier molecular flexibility index (Phi) is 5.06. The molecular weight excluding hydrogens is 326 g/mol. The third kappa shape index (κ3) is 4.07. The summed E-state index contributed by atoms with van der Waals surface area (Å²) < 4.78 is 1.76. The van der Waals surface area contributed by atoms with Crippen LogP contribution in [-0.2, 0) is 18.3 Å². The van der Waals surface area contributed by atoms with Gasteiger partial charge in [-0.15, -0.1) is 0 Å². The minimum atomic E-state index is -0.397. The van der Waals surface area contributed by atoms with Crippen LogP contribution in [0.3, 0.4) is 0 Å². The van der Waals surface area contributed by atoms with Gasteiger partial charge in [0.05, 0.1) is 18.6 Å². The van der Waals surface area contributed by atoms with Crippen LogP contribution in [0, 0.1) is 0 Å². The molecule has 1 aliphatic rings. The number of aliphatic hydroxyl groups excluding tert-OH is 1. The van der Waals surface area contributed by atoms with Crippen LogP contribution >= 0.6 is 11.3 Å². The Morgan fingerprint density at radius 3 is 3.00 bits per heavy atom. The first kappa shape index (κ1) is 16.8. The molecule has 0 unspecified atom stereocenters. The van der Waals surface area contributed by atoms with E-state index >= 15 is 0 Å². The van der Waals surface area contributed by atoms with Crippen LogP contribution in [-0.4, -0.2) is 37.9 Å². The molecule has 0 aliphatic heterocycles. The summed E-state index contributed by atoms with van der Waals surface area (Å²) >= 11 is 1.50. The van der Waals surface area contributed by atoms with Crippen molar-refractivity contribution >= 4 is 17.2 Å². The van der Waals surface area contributed by atoms with Gasteiger partial charge >= 0.3 is 0 Å². The maximum absolute atomic E-state index is 10.9. The topological polar surface area (TPSA) is 106 Å². The molecule has 2 heterocycles. The highest BCUT2D eigenvalue weighted by molar-refractivity contribution is 7.12. The average Bonchev–Trinajstić information content (AvgIpc) is 2.88. The molecule has 3 rings (SSSR count). The predicted molar refractivity (Wildman–Crippen MR) is 91.0 cm³/mol. The first-order chi connectivity index (χ1) is 11.5. The summed E-state index contributed by atoms with van der Waals surface area (Å²) in [6.45, 7) is 0. The van der Waals surface area contributed by atoms with E-state index in [1.54, 1.807) is 16.9 Å². The molecular formula is C16H21N5O2S. The molecule has 0 radical (unpaired) electrons. The highest BCUT2D eigenvalue weighted by Gasteiger charge is 2.19. The molecule has 128 valence electrons. The van der Waals surface area contributed by atoms with Crippen molar-refractivity contribution in [2.75, 3.05) is 0 Å². The second-order valence-electron chi connectivity index (χ2n) is 6.10. The number of nitrogens with two attached hydrogens (primary N) is 1. The van der Waals surface area contributed by atoms with E-state index in [9.17, 15) is 9.90 Å². The summed E-state index contributed by atoms with van der Waals surface area (Å²) in [6, 6.07) is 3.83. The van der Waals surface area contributed by atoms with E-state index in [2.05, 4.69) is 10.1 Å². The number of rotatable bonds is 4. The van der Waals surface area contributed by atoms with Crippen molar-refractivity contribution in [3.63, 3.8) is 0 Å². The third-order valence-electron chi connectivity index (χ3n) is 4.04. The Balaban J connectivity index is 1.81. The molecule has 0 saturated heterocycles. The first-order valence-electron chi connectivity index (χ1n) is 8.01. The molecule has 3 N–H and O–H groups in total. The van der Waals surface area contributed by atoms with E-state index in [4.69, 9.17) is 10.7 Å². The molecule has 0 aromatic carbocycles. The normalized spacial score (nSPS) is 21.8. The van der Waals surface area contributed by atoms with Gasteiger partial charge < -0.3 is 10.8 Å². The van der Waals surface area contributed by atoms with Crippen LogP contribution in [0.15, 0.2) is 23.3 Å². The Labute approximate surface area is 143 Å². The number of aromatic nitrogens is 3. The van der Waals surface area contributed by atoms with E-state index in [0.29, 0.717) is 5.69 Å². The minimum Gasteiger partial charge on any atom is -0.393 e. The van der Waals surface area contributed by atoms with Crippen molar-refractivity contribution in [1.82, 2.24) is 14.8 Å². The lowest BCUT2D eigenvalue weighted by atomic mass is 9.94. The summed E-state index contributed by atoms with van der Waals surface area (Å²) in [4.78, 5) is 20.8. The van der Waals surface area contributed by atoms with Crippen LogP contribution in [0.2, 0.25) is 0 Å². The Morgan fingerprint density at radius 2 is 2.33 bits per heavy atom. The van der Waals surface area contributed by atoms with Crippen molar-refractivity contribution in [1.29, 1.82) is 0 Å². The number of aryl methyl sites for hydroxylation is 1. The maximum Gasteiger partial charge on any atom is 0.223 e. The van der Waals surface area contributed by atoms with E-state index in [0.717, 1.165) is 41.1 Å². The highest BCUT2D eigenvalue weighted by atomic mass is 32.1. The number of primary amides is 1. The van der Waals surface area contributed by atoms with Crippen LogP contribution < -0.4 is 10.5 Å². The van der Waals surface area contributed by atoms with Crippen molar-refractivity contribution in [2.45, 2.75) is 44.2 Å². The molecule has 24 heavy (non-hydrogen) atoms. The van der Waals surface area contributed by atoms with Crippen LogP contribution in [0.25, 0.3) is 10.6 Å². The number of carbonyl (C=O) groups is 1. The summed E-state index contributed by atoms with van der Waals surface area (Å²) in [6.07, 6.45) is 5.20. The average molecular weight is 347 g/mol. The predicted octanol–water partition coefficient (Wildman–Crippen LogP) is 0.776. The fraction of sp³-hybridized carbons (Fsp3) is 0.500. The quantitative estimate of drug-likeness (QED) is 0.852. The van der Waals surface area contributed by atoms with Crippen LogP contribution in [0.5, 0.6) is 0 Å². The Morgan fingerprint density at radius 1 is 1.50 bits per heavy atom.